The van der Waals surface area contributed by atoms with Crippen molar-refractivity contribution in [2.75, 3.05) is 13.1 Å². The zero-order chi connectivity index (χ0) is 20.7. The third kappa shape index (κ3) is 3.30. The number of piperazine rings is 1. The van der Waals surface area contributed by atoms with Gasteiger partial charge in [-0.05, 0) is 29.9 Å². The number of hydrogen-bond acceptors (Lipinski definition) is 4. The smallest absolute Gasteiger partial charge is 0.276 e. The van der Waals surface area contributed by atoms with Gasteiger partial charge in [0, 0.05) is 24.6 Å². The SMILES string of the molecule is C=C1C=NN2C(=C1O)C(=O)N(CC1CC1)CC2C(c1ccccc1)c1ccccc1. The second-order valence-electron chi connectivity index (χ2n) is 8.33. The van der Waals surface area contributed by atoms with Gasteiger partial charge in [-0.2, -0.15) is 5.10 Å². The van der Waals surface area contributed by atoms with Crippen LogP contribution in [-0.2, 0) is 4.79 Å². The van der Waals surface area contributed by atoms with Crippen molar-refractivity contribution in [3.05, 3.63) is 95.4 Å². The van der Waals surface area contributed by atoms with E-state index in [1.54, 1.807) is 11.2 Å². The van der Waals surface area contributed by atoms with Gasteiger partial charge in [0.25, 0.3) is 5.91 Å². The zero-order valence-electron chi connectivity index (χ0n) is 16.8. The van der Waals surface area contributed by atoms with Gasteiger partial charge >= 0.3 is 0 Å². The number of hydrazone groups is 1. The molecule has 1 saturated carbocycles. The molecule has 1 saturated heterocycles. The minimum absolute atomic E-state index is 0.00600. The number of amides is 1. The lowest BCUT2D eigenvalue weighted by Crippen LogP contribution is -2.56. The van der Waals surface area contributed by atoms with E-state index < -0.39 is 0 Å². The summed E-state index contributed by atoms with van der Waals surface area (Å²) in [5.41, 5.74) is 2.94. The maximum atomic E-state index is 13.3. The van der Waals surface area contributed by atoms with Crippen LogP contribution in [0.25, 0.3) is 0 Å². The standard InChI is InChI=1S/C25H25N3O2/c1-17-14-26-28-21(16-27(15-18-12-13-18)25(30)23(28)24(17)29)22(19-8-4-2-5-9-19)20-10-6-3-7-11-20/h2-11,14,18,21-22,29H,1,12-13,15-16H2. The highest BCUT2D eigenvalue weighted by atomic mass is 16.3. The topological polar surface area (TPSA) is 56.1 Å². The Balaban J connectivity index is 1.62. The third-order valence-corrected chi connectivity index (χ3v) is 6.18. The number of nitrogens with zero attached hydrogens (tertiary/aromatic N) is 3. The normalized spacial score (nSPS) is 21.4. The van der Waals surface area contributed by atoms with E-state index in [0.717, 1.165) is 30.5 Å². The first-order valence-corrected chi connectivity index (χ1v) is 10.5. The van der Waals surface area contributed by atoms with E-state index in [-0.39, 0.29) is 29.3 Å². The zero-order valence-corrected chi connectivity index (χ0v) is 16.8. The van der Waals surface area contributed by atoms with Crippen molar-refractivity contribution < 1.29 is 9.90 Å². The van der Waals surface area contributed by atoms with Gasteiger partial charge in [-0.25, -0.2) is 0 Å². The summed E-state index contributed by atoms with van der Waals surface area (Å²) >= 11 is 0. The Labute approximate surface area is 176 Å². The van der Waals surface area contributed by atoms with Gasteiger partial charge in [-0.3, -0.25) is 9.80 Å². The van der Waals surface area contributed by atoms with E-state index in [1.807, 2.05) is 41.3 Å². The summed E-state index contributed by atoms with van der Waals surface area (Å²) in [4.78, 5) is 15.2. The fourth-order valence-corrected chi connectivity index (χ4v) is 4.47. The maximum absolute atomic E-state index is 13.3. The van der Waals surface area contributed by atoms with Gasteiger partial charge in [-0.1, -0.05) is 67.2 Å². The summed E-state index contributed by atoms with van der Waals surface area (Å²) in [5, 5.41) is 17.0. The van der Waals surface area contributed by atoms with Gasteiger partial charge < -0.3 is 10.0 Å². The fourth-order valence-electron chi connectivity index (χ4n) is 4.47. The Bertz CT molecular complexity index is 985. The van der Waals surface area contributed by atoms with E-state index in [1.165, 1.54) is 0 Å². The number of aliphatic hydroxyl groups excluding tert-OH is 1. The lowest BCUT2D eigenvalue weighted by Gasteiger charge is -2.45. The molecule has 3 aliphatic rings. The van der Waals surface area contributed by atoms with Gasteiger partial charge in [0.15, 0.2) is 11.5 Å². The van der Waals surface area contributed by atoms with Crippen LogP contribution in [0.15, 0.2) is 89.4 Å². The molecule has 0 spiro atoms. The monoisotopic (exact) mass is 399 g/mol. The van der Waals surface area contributed by atoms with Gasteiger partial charge in [-0.15, -0.1) is 0 Å². The molecule has 2 aromatic carbocycles. The Morgan fingerprint density at radius 2 is 1.63 bits per heavy atom. The average molecular weight is 399 g/mol. The molecule has 1 unspecified atom stereocenters. The minimum atomic E-state index is -0.159. The molecule has 1 amide bonds. The summed E-state index contributed by atoms with van der Waals surface area (Å²) in [6.45, 7) is 5.14. The predicted octanol–water partition coefficient (Wildman–Crippen LogP) is 4.07. The minimum Gasteiger partial charge on any atom is -0.505 e. The quantitative estimate of drug-likeness (QED) is 0.825. The van der Waals surface area contributed by atoms with E-state index >= 15 is 0 Å². The maximum Gasteiger partial charge on any atom is 0.276 e. The van der Waals surface area contributed by atoms with Crippen LogP contribution >= 0.6 is 0 Å². The summed E-state index contributed by atoms with van der Waals surface area (Å²) in [6, 6.07) is 20.5. The van der Waals surface area contributed by atoms with Gasteiger partial charge in [0.1, 0.15) is 0 Å². The van der Waals surface area contributed by atoms with Crippen LogP contribution in [0, 0.1) is 5.92 Å². The Hall–Kier alpha value is -3.34. The first kappa shape index (κ1) is 18.7. The van der Waals surface area contributed by atoms with E-state index in [9.17, 15) is 9.90 Å². The molecule has 152 valence electrons. The van der Waals surface area contributed by atoms with Crippen molar-refractivity contribution in [1.82, 2.24) is 9.91 Å². The van der Waals surface area contributed by atoms with Crippen LogP contribution in [0.1, 0.15) is 29.9 Å². The highest BCUT2D eigenvalue weighted by Gasteiger charge is 2.45. The molecule has 0 aromatic heterocycles. The number of hydrogen-bond donors (Lipinski definition) is 1. The van der Waals surface area contributed by atoms with Crippen molar-refractivity contribution >= 4 is 12.1 Å². The van der Waals surface area contributed by atoms with Crippen LogP contribution in [0.3, 0.4) is 0 Å². The largest absolute Gasteiger partial charge is 0.505 e. The molecule has 2 aliphatic heterocycles. The van der Waals surface area contributed by atoms with Crippen LogP contribution < -0.4 is 0 Å². The van der Waals surface area contributed by atoms with Crippen LogP contribution in [0.4, 0.5) is 0 Å². The summed E-state index contributed by atoms with van der Waals surface area (Å²) in [5.74, 6) is 0.327. The lowest BCUT2D eigenvalue weighted by molar-refractivity contribution is -0.134. The number of fused-ring (bicyclic) bond motifs is 1. The molecule has 0 radical (unpaired) electrons. The number of benzene rings is 2. The molecule has 2 fully saturated rings. The molecule has 2 aromatic rings. The molecule has 0 bridgehead atoms. The summed E-state index contributed by atoms with van der Waals surface area (Å²) < 4.78 is 0. The van der Waals surface area contributed by atoms with Crippen molar-refractivity contribution in [3.63, 3.8) is 0 Å². The van der Waals surface area contributed by atoms with E-state index in [0.29, 0.717) is 18.0 Å². The summed E-state index contributed by atoms with van der Waals surface area (Å²) in [7, 11) is 0. The number of allylic oxidation sites excluding steroid dienone is 1. The van der Waals surface area contributed by atoms with E-state index in [2.05, 4.69) is 35.9 Å². The fraction of sp³-hybridized carbons (Fsp3) is 0.280. The van der Waals surface area contributed by atoms with Crippen molar-refractivity contribution in [1.29, 1.82) is 0 Å². The average Bonchev–Trinajstić information content (AvgIpc) is 3.59. The number of carbonyl (C=O) groups is 1. The van der Waals surface area contributed by atoms with Crippen molar-refractivity contribution in [3.8, 4) is 0 Å². The molecule has 1 N–H and O–H groups in total. The molecule has 30 heavy (non-hydrogen) atoms. The second-order valence-corrected chi connectivity index (χ2v) is 8.33. The predicted molar refractivity (Wildman–Crippen MR) is 117 cm³/mol. The number of rotatable bonds is 5. The highest BCUT2D eigenvalue weighted by molar-refractivity contribution is 5.99. The molecular weight excluding hydrogens is 374 g/mol. The Morgan fingerprint density at radius 1 is 1.03 bits per heavy atom. The molecule has 5 rings (SSSR count). The van der Waals surface area contributed by atoms with Gasteiger partial charge in [0.2, 0.25) is 0 Å². The van der Waals surface area contributed by atoms with E-state index in [4.69, 9.17) is 0 Å². The molecule has 5 nitrogen and oxygen atoms in total. The van der Waals surface area contributed by atoms with Crippen molar-refractivity contribution in [2.24, 2.45) is 11.0 Å². The third-order valence-electron chi connectivity index (χ3n) is 6.18. The molecule has 1 atom stereocenters. The van der Waals surface area contributed by atoms with Crippen LogP contribution in [-0.4, -0.2) is 46.3 Å². The molecular formula is C25H25N3O2. The lowest BCUT2D eigenvalue weighted by atomic mass is 9.83. The van der Waals surface area contributed by atoms with Crippen LogP contribution in [0.5, 0.6) is 0 Å². The molecule has 1 aliphatic carbocycles. The second kappa shape index (κ2) is 7.48. The summed E-state index contributed by atoms with van der Waals surface area (Å²) in [6.07, 6.45) is 3.87. The first-order valence-electron chi connectivity index (χ1n) is 10.5. The molecule has 2 heterocycles. The van der Waals surface area contributed by atoms with Gasteiger partial charge in [0.05, 0.1) is 12.3 Å². The Morgan fingerprint density at radius 3 is 2.20 bits per heavy atom. The number of carbonyl (C=O) groups excluding carboxylic acids is 1. The Kier molecular flexibility index (Phi) is 4.66. The van der Waals surface area contributed by atoms with Crippen LogP contribution in [0.2, 0.25) is 0 Å². The first-order chi connectivity index (χ1) is 14.6. The molecule has 5 heteroatoms. The highest BCUT2D eigenvalue weighted by Crippen LogP contribution is 2.40. The van der Waals surface area contributed by atoms with Crippen molar-refractivity contribution in [2.45, 2.75) is 24.8 Å². The number of aliphatic hydroxyl groups is 1.